The summed E-state index contributed by atoms with van der Waals surface area (Å²) in [6.07, 6.45) is 3.20. The Bertz CT molecular complexity index is 716. The van der Waals surface area contributed by atoms with Crippen molar-refractivity contribution in [2.24, 2.45) is 0 Å². The summed E-state index contributed by atoms with van der Waals surface area (Å²) in [6.45, 7) is -0.0798. The number of hydrogen-bond donors (Lipinski definition) is 1. The third kappa shape index (κ3) is 2.36. The van der Waals surface area contributed by atoms with Gasteiger partial charge >= 0.3 is 0 Å². The van der Waals surface area contributed by atoms with Crippen LogP contribution in [0.25, 0.3) is 11.2 Å². The molecule has 0 aliphatic carbocycles. The molecular weight excluding hydrogens is 242 g/mol. The van der Waals surface area contributed by atoms with Gasteiger partial charge in [-0.25, -0.2) is 4.98 Å². The molecule has 0 fully saturated rings. The average Bonchev–Trinajstić information content (AvgIpc) is 2.48. The van der Waals surface area contributed by atoms with Crippen molar-refractivity contribution in [3.63, 3.8) is 0 Å². The van der Waals surface area contributed by atoms with Crippen molar-refractivity contribution in [1.29, 1.82) is 0 Å². The molecule has 2 heterocycles. The minimum atomic E-state index is -0.0798. The number of nitrogens with zero attached hydrogens (tertiary/aromatic N) is 3. The fourth-order valence-corrected chi connectivity index (χ4v) is 1.74. The number of para-hydroxylation sites is 1. The van der Waals surface area contributed by atoms with Gasteiger partial charge in [0, 0.05) is 24.0 Å². The maximum absolute atomic E-state index is 9.25. The van der Waals surface area contributed by atoms with Crippen LogP contribution < -0.4 is 4.74 Å². The molecule has 5 nitrogen and oxygen atoms in total. The highest BCUT2D eigenvalue weighted by Crippen LogP contribution is 2.24. The van der Waals surface area contributed by atoms with E-state index in [1.807, 2.05) is 12.1 Å². The molecule has 0 saturated heterocycles. The van der Waals surface area contributed by atoms with Gasteiger partial charge in [-0.2, -0.15) is 4.98 Å². The Kier molecular flexibility index (Phi) is 3.04. The SMILES string of the molecule is OCc1ccccc1Oc1ccc2nccnc2n1. The molecule has 1 aromatic carbocycles. The Balaban J connectivity index is 1.96. The molecule has 3 aromatic rings. The summed E-state index contributed by atoms with van der Waals surface area (Å²) in [5.41, 5.74) is 1.95. The molecule has 0 amide bonds. The third-order valence-electron chi connectivity index (χ3n) is 2.66. The molecule has 94 valence electrons. The molecule has 0 saturated carbocycles. The predicted molar refractivity (Wildman–Crippen MR) is 69.8 cm³/mol. The van der Waals surface area contributed by atoms with Gasteiger partial charge in [0.1, 0.15) is 11.3 Å². The van der Waals surface area contributed by atoms with Crippen LogP contribution in [0.2, 0.25) is 0 Å². The van der Waals surface area contributed by atoms with Crippen LogP contribution in [0.1, 0.15) is 5.56 Å². The zero-order valence-electron chi connectivity index (χ0n) is 10.0. The first-order valence-corrected chi connectivity index (χ1v) is 5.81. The van der Waals surface area contributed by atoms with E-state index >= 15 is 0 Å². The van der Waals surface area contributed by atoms with Crippen molar-refractivity contribution in [3.8, 4) is 11.6 Å². The lowest BCUT2D eigenvalue weighted by atomic mass is 10.2. The van der Waals surface area contributed by atoms with Gasteiger partial charge in [-0.3, -0.25) is 4.98 Å². The Labute approximate surface area is 109 Å². The van der Waals surface area contributed by atoms with E-state index in [2.05, 4.69) is 15.0 Å². The molecule has 0 spiro atoms. The molecule has 5 heteroatoms. The molecule has 1 N–H and O–H groups in total. The Morgan fingerprint density at radius 2 is 1.84 bits per heavy atom. The highest BCUT2D eigenvalue weighted by molar-refractivity contribution is 5.69. The zero-order chi connectivity index (χ0) is 13.1. The summed E-state index contributed by atoms with van der Waals surface area (Å²) in [4.78, 5) is 12.5. The van der Waals surface area contributed by atoms with Crippen LogP contribution in [0.5, 0.6) is 11.6 Å². The highest BCUT2D eigenvalue weighted by Gasteiger charge is 2.05. The molecule has 0 aliphatic heterocycles. The second-order valence-electron chi connectivity index (χ2n) is 3.92. The van der Waals surface area contributed by atoms with Gasteiger partial charge in [-0.15, -0.1) is 0 Å². The van der Waals surface area contributed by atoms with Crippen molar-refractivity contribution in [1.82, 2.24) is 15.0 Å². The van der Waals surface area contributed by atoms with Gasteiger partial charge in [0.25, 0.3) is 0 Å². The van der Waals surface area contributed by atoms with Gasteiger partial charge in [0.2, 0.25) is 5.88 Å². The average molecular weight is 253 g/mol. The fraction of sp³-hybridized carbons (Fsp3) is 0.0714. The summed E-state index contributed by atoms with van der Waals surface area (Å²) in [6, 6.07) is 10.8. The standard InChI is InChI=1S/C14H11N3O2/c18-9-10-3-1-2-4-12(10)19-13-6-5-11-14(17-13)16-8-7-15-11/h1-8,18H,9H2. The number of aromatic nitrogens is 3. The van der Waals surface area contributed by atoms with Crippen LogP contribution in [0, 0.1) is 0 Å². The lowest BCUT2D eigenvalue weighted by Gasteiger charge is -2.08. The van der Waals surface area contributed by atoms with E-state index in [0.29, 0.717) is 28.4 Å². The molecule has 2 aromatic heterocycles. The van der Waals surface area contributed by atoms with E-state index in [-0.39, 0.29) is 6.61 Å². The number of pyridine rings is 1. The number of rotatable bonds is 3. The van der Waals surface area contributed by atoms with Gasteiger partial charge in [-0.1, -0.05) is 18.2 Å². The van der Waals surface area contributed by atoms with Crippen molar-refractivity contribution in [3.05, 3.63) is 54.4 Å². The number of fused-ring (bicyclic) bond motifs is 1. The minimum Gasteiger partial charge on any atom is -0.439 e. The van der Waals surface area contributed by atoms with E-state index in [9.17, 15) is 5.11 Å². The van der Waals surface area contributed by atoms with Gasteiger partial charge in [0.15, 0.2) is 5.65 Å². The first-order valence-electron chi connectivity index (χ1n) is 5.81. The zero-order valence-corrected chi connectivity index (χ0v) is 10.0. The van der Waals surface area contributed by atoms with Crippen LogP contribution >= 0.6 is 0 Å². The number of ether oxygens (including phenoxy) is 1. The van der Waals surface area contributed by atoms with Crippen LogP contribution in [0.4, 0.5) is 0 Å². The smallest absolute Gasteiger partial charge is 0.221 e. The number of aliphatic hydroxyl groups is 1. The second kappa shape index (κ2) is 4.99. The molecule has 0 aliphatic rings. The third-order valence-corrected chi connectivity index (χ3v) is 2.66. The molecule has 0 bridgehead atoms. The monoisotopic (exact) mass is 253 g/mol. The first kappa shape index (κ1) is 11.6. The van der Waals surface area contributed by atoms with Gasteiger partial charge in [-0.05, 0) is 12.1 Å². The number of aliphatic hydroxyl groups excluding tert-OH is 1. The van der Waals surface area contributed by atoms with Crippen molar-refractivity contribution < 1.29 is 9.84 Å². The second-order valence-corrected chi connectivity index (χ2v) is 3.92. The molecular formula is C14H11N3O2. The van der Waals surface area contributed by atoms with Crippen LogP contribution in [0.3, 0.4) is 0 Å². The van der Waals surface area contributed by atoms with Crippen molar-refractivity contribution in [2.75, 3.05) is 0 Å². The largest absolute Gasteiger partial charge is 0.439 e. The molecule has 0 radical (unpaired) electrons. The van der Waals surface area contributed by atoms with E-state index in [0.717, 1.165) is 0 Å². The number of hydrogen-bond acceptors (Lipinski definition) is 5. The van der Waals surface area contributed by atoms with Crippen molar-refractivity contribution >= 4 is 11.2 Å². The maximum atomic E-state index is 9.25. The quantitative estimate of drug-likeness (QED) is 0.775. The maximum Gasteiger partial charge on any atom is 0.221 e. The van der Waals surface area contributed by atoms with E-state index in [4.69, 9.17) is 4.74 Å². The Hall–Kier alpha value is -2.53. The summed E-state index contributed by atoms with van der Waals surface area (Å²) < 4.78 is 5.67. The topological polar surface area (TPSA) is 68.1 Å². The highest BCUT2D eigenvalue weighted by atomic mass is 16.5. The van der Waals surface area contributed by atoms with Crippen LogP contribution in [-0.4, -0.2) is 20.1 Å². The first-order chi connectivity index (χ1) is 9.36. The van der Waals surface area contributed by atoms with Crippen molar-refractivity contribution in [2.45, 2.75) is 6.61 Å². The van der Waals surface area contributed by atoms with Gasteiger partial charge in [0.05, 0.1) is 6.61 Å². The summed E-state index contributed by atoms with van der Waals surface area (Å²) in [7, 11) is 0. The molecule has 0 atom stereocenters. The minimum absolute atomic E-state index is 0.0798. The van der Waals surface area contributed by atoms with Crippen LogP contribution in [-0.2, 0) is 6.61 Å². The summed E-state index contributed by atoms with van der Waals surface area (Å²) >= 11 is 0. The van der Waals surface area contributed by atoms with Crippen LogP contribution in [0.15, 0.2) is 48.8 Å². The molecule has 0 unspecified atom stereocenters. The van der Waals surface area contributed by atoms with Gasteiger partial charge < -0.3 is 9.84 Å². The lowest BCUT2D eigenvalue weighted by molar-refractivity contribution is 0.276. The molecule has 3 rings (SSSR count). The predicted octanol–water partition coefficient (Wildman–Crippen LogP) is 2.31. The van der Waals surface area contributed by atoms with E-state index in [1.165, 1.54) is 0 Å². The summed E-state index contributed by atoms with van der Waals surface area (Å²) in [5.74, 6) is 1.01. The number of benzene rings is 1. The normalized spacial score (nSPS) is 10.6. The lowest BCUT2D eigenvalue weighted by Crippen LogP contribution is -1.94. The fourth-order valence-electron chi connectivity index (χ4n) is 1.74. The molecule has 19 heavy (non-hydrogen) atoms. The Morgan fingerprint density at radius 1 is 1.00 bits per heavy atom. The summed E-state index contributed by atoms with van der Waals surface area (Å²) in [5, 5.41) is 9.25. The van der Waals surface area contributed by atoms with E-state index < -0.39 is 0 Å². The van der Waals surface area contributed by atoms with E-state index in [1.54, 1.807) is 36.7 Å². The Morgan fingerprint density at radius 3 is 2.74 bits per heavy atom.